The van der Waals surface area contributed by atoms with E-state index < -0.39 is 11.8 Å². The molecule has 0 amide bonds. The maximum absolute atomic E-state index is 13.4. The largest absolute Gasteiger partial charge is 0.422 e. The third-order valence-electron chi connectivity index (χ3n) is 6.78. The van der Waals surface area contributed by atoms with Gasteiger partial charge in [-0.25, -0.2) is 0 Å². The quantitative estimate of drug-likeness (QED) is 0.319. The number of aromatic amines is 1. The number of halogens is 1. The number of hydrogen-bond donors (Lipinski definition) is 2. The molecule has 8 nitrogen and oxygen atoms in total. The number of ether oxygens (including phenoxy) is 1. The maximum Gasteiger partial charge on any atom is 0.281 e. The Bertz CT molecular complexity index is 1810. The Morgan fingerprint density at radius 1 is 1.11 bits per heavy atom. The van der Waals surface area contributed by atoms with E-state index >= 15 is 0 Å². The van der Waals surface area contributed by atoms with Gasteiger partial charge in [-0.05, 0) is 55.3 Å². The molecule has 1 aliphatic rings. The van der Waals surface area contributed by atoms with E-state index in [-0.39, 0.29) is 17.3 Å². The van der Waals surface area contributed by atoms with Crippen molar-refractivity contribution < 1.29 is 9.53 Å². The van der Waals surface area contributed by atoms with E-state index in [1.54, 1.807) is 19.1 Å². The molecule has 0 aliphatic carbocycles. The third-order valence-corrected chi connectivity index (χ3v) is 7.02. The molecular weight excluding hydrogens is 500 g/mol. The van der Waals surface area contributed by atoms with Crippen molar-refractivity contribution >= 4 is 28.4 Å². The minimum Gasteiger partial charge on any atom is -0.422 e. The van der Waals surface area contributed by atoms with Gasteiger partial charge >= 0.3 is 0 Å². The topological polar surface area (TPSA) is 123 Å². The first-order valence-electron chi connectivity index (χ1n) is 11.9. The summed E-state index contributed by atoms with van der Waals surface area (Å²) >= 11 is 6.44. The molecular formula is C29H21ClN6O2. The highest BCUT2D eigenvalue weighted by Crippen LogP contribution is 2.49. The van der Waals surface area contributed by atoms with Gasteiger partial charge in [0.05, 0.1) is 22.9 Å². The minimum absolute atomic E-state index is 0.0834. The van der Waals surface area contributed by atoms with Gasteiger partial charge in [0.1, 0.15) is 11.6 Å². The lowest BCUT2D eigenvalue weighted by Gasteiger charge is -2.25. The van der Waals surface area contributed by atoms with E-state index in [2.05, 4.69) is 21.1 Å². The average Bonchev–Trinajstić information content (AvgIpc) is 3.45. The summed E-state index contributed by atoms with van der Waals surface area (Å²) in [6, 6.07) is 19.1. The maximum atomic E-state index is 13.4. The van der Waals surface area contributed by atoms with Crippen LogP contribution >= 0.6 is 11.6 Å². The van der Waals surface area contributed by atoms with Crippen LogP contribution in [0.25, 0.3) is 22.2 Å². The van der Waals surface area contributed by atoms with Gasteiger partial charge < -0.3 is 15.5 Å². The monoisotopic (exact) mass is 520 g/mol. The molecule has 3 aromatic heterocycles. The molecule has 1 unspecified atom stereocenters. The van der Waals surface area contributed by atoms with Crippen LogP contribution in [-0.2, 0) is 0 Å². The molecule has 0 fully saturated rings. The summed E-state index contributed by atoms with van der Waals surface area (Å²) in [6.07, 6.45) is 3.07. The number of nitrogens with one attached hydrogen (secondary N) is 1. The van der Waals surface area contributed by atoms with Gasteiger partial charge in [-0.1, -0.05) is 41.4 Å². The zero-order valence-electron chi connectivity index (χ0n) is 20.5. The molecule has 0 saturated heterocycles. The number of hydrogen-bond acceptors (Lipinski definition) is 6. The molecule has 1 atom stereocenters. The van der Waals surface area contributed by atoms with E-state index in [1.807, 2.05) is 49.4 Å². The van der Waals surface area contributed by atoms with Crippen LogP contribution in [-0.4, -0.2) is 25.7 Å². The Hall–Kier alpha value is -4.87. The summed E-state index contributed by atoms with van der Waals surface area (Å²) in [7, 11) is 0. The Kier molecular flexibility index (Phi) is 5.51. The second-order valence-electron chi connectivity index (χ2n) is 9.15. The molecule has 0 spiro atoms. The standard InChI is InChI=1S/C29H21ClN6O2/c1-15-3-5-17(6-4-15)26-25(20-13-19(30)7-8-22(20)34-26)24-21(14-31)27(32)38-29-23(24)16(2)35-36(29)28(37)18-9-11-33-12-10-18/h3-13,24,34H,32H2,1-2H3. The Balaban J connectivity index is 1.65. The number of nitriles is 1. The van der Waals surface area contributed by atoms with E-state index in [9.17, 15) is 10.1 Å². The number of aryl methyl sites for hydroxylation is 2. The number of pyridine rings is 1. The van der Waals surface area contributed by atoms with Crippen LogP contribution in [0, 0.1) is 25.2 Å². The van der Waals surface area contributed by atoms with Crippen LogP contribution in [0.2, 0.25) is 5.02 Å². The smallest absolute Gasteiger partial charge is 0.281 e. The van der Waals surface area contributed by atoms with Crippen molar-refractivity contribution in [3.05, 3.63) is 111 Å². The molecule has 9 heteroatoms. The van der Waals surface area contributed by atoms with Crippen molar-refractivity contribution in [1.82, 2.24) is 19.7 Å². The van der Waals surface area contributed by atoms with Crippen molar-refractivity contribution in [2.45, 2.75) is 19.8 Å². The van der Waals surface area contributed by atoms with Crippen molar-refractivity contribution in [3.8, 4) is 23.2 Å². The summed E-state index contributed by atoms with van der Waals surface area (Å²) in [6.45, 7) is 3.81. The lowest BCUT2D eigenvalue weighted by Crippen LogP contribution is -2.24. The number of carbonyl (C=O) groups is 1. The van der Waals surface area contributed by atoms with Crippen molar-refractivity contribution in [2.24, 2.45) is 5.73 Å². The number of aromatic nitrogens is 4. The van der Waals surface area contributed by atoms with Crippen LogP contribution < -0.4 is 10.5 Å². The lowest BCUT2D eigenvalue weighted by molar-refractivity contribution is 0.0933. The van der Waals surface area contributed by atoms with Crippen LogP contribution in [0.5, 0.6) is 5.88 Å². The second-order valence-corrected chi connectivity index (χ2v) is 9.59. The lowest BCUT2D eigenvalue weighted by atomic mass is 9.81. The highest BCUT2D eigenvalue weighted by Gasteiger charge is 2.39. The van der Waals surface area contributed by atoms with E-state index in [4.69, 9.17) is 22.1 Å². The van der Waals surface area contributed by atoms with Crippen molar-refractivity contribution in [1.29, 1.82) is 5.26 Å². The molecule has 0 radical (unpaired) electrons. The summed E-state index contributed by atoms with van der Waals surface area (Å²) in [5, 5.41) is 16.2. The molecule has 4 heterocycles. The van der Waals surface area contributed by atoms with E-state index in [0.717, 1.165) is 33.3 Å². The Labute approximate surface area is 222 Å². The number of fused-ring (bicyclic) bond motifs is 2. The minimum atomic E-state index is -0.661. The zero-order valence-corrected chi connectivity index (χ0v) is 21.2. The van der Waals surface area contributed by atoms with E-state index in [1.165, 1.54) is 17.1 Å². The van der Waals surface area contributed by atoms with Crippen LogP contribution in [0.1, 0.15) is 38.7 Å². The molecule has 5 aromatic rings. The van der Waals surface area contributed by atoms with Gasteiger partial charge in [0.2, 0.25) is 11.8 Å². The average molecular weight is 521 g/mol. The second kappa shape index (κ2) is 8.91. The Morgan fingerprint density at radius 2 is 1.84 bits per heavy atom. The molecule has 1 aliphatic heterocycles. The predicted molar refractivity (Wildman–Crippen MR) is 144 cm³/mol. The number of rotatable bonds is 3. The van der Waals surface area contributed by atoms with Crippen LogP contribution in [0.15, 0.2) is 78.4 Å². The first kappa shape index (κ1) is 23.5. The third kappa shape index (κ3) is 3.64. The predicted octanol–water partition coefficient (Wildman–Crippen LogP) is 5.60. The summed E-state index contributed by atoms with van der Waals surface area (Å²) in [4.78, 5) is 20.9. The summed E-state index contributed by atoms with van der Waals surface area (Å²) in [5.74, 6) is -0.965. The highest BCUT2D eigenvalue weighted by atomic mass is 35.5. The first-order chi connectivity index (χ1) is 18.4. The number of allylic oxidation sites excluding steroid dienone is 1. The van der Waals surface area contributed by atoms with Crippen LogP contribution in [0.3, 0.4) is 0 Å². The molecule has 2 aromatic carbocycles. The van der Waals surface area contributed by atoms with Gasteiger partial charge in [-0.15, -0.1) is 0 Å². The van der Waals surface area contributed by atoms with Gasteiger partial charge in [-0.2, -0.15) is 15.0 Å². The molecule has 0 bridgehead atoms. The summed E-state index contributed by atoms with van der Waals surface area (Å²) < 4.78 is 7.11. The highest BCUT2D eigenvalue weighted by molar-refractivity contribution is 6.31. The fourth-order valence-corrected chi connectivity index (χ4v) is 5.16. The van der Waals surface area contributed by atoms with Gasteiger partial charge in [0.15, 0.2) is 0 Å². The molecule has 186 valence electrons. The molecule has 0 saturated carbocycles. The fourth-order valence-electron chi connectivity index (χ4n) is 4.99. The fraction of sp³-hybridized carbons (Fsp3) is 0.103. The van der Waals surface area contributed by atoms with Crippen molar-refractivity contribution in [3.63, 3.8) is 0 Å². The molecule has 3 N–H and O–H groups in total. The van der Waals surface area contributed by atoms with Crippen molar-refractivity contribution in [2.75, 3.05) is 0 Å². The van der Waals surface area contributed by atoms with Crippen LogP contribution in [0.4, 0.5) is 0 Å². The van der Waals surface area contributed by atoms with E-state index in [0.29, 0.717) is 21.8 Å². The molecule has 6 rings (SSSR count). The van der Waals surface area contributed by atoms with Gasteiger partial charge in [-0.3, -0.25) is 9.78 Å². The van der Waals surface area contributed by atoms with Gasteiger partial charge in [0, 0.05) is 33.9 Å². The number of H-pyrrole nitrogens is 1. The number of nitrogens with zero attached hydrogens (tertiary/aromatic N) is 4. The zero-order chi connectivity index (χ0) is 26.6. The SMILES string of the molecule is Cc1ccc(-c2[nH]c3ccc(Cl)cc3c2C2C(C#N)=C(N)Oc3c2c(C)nn3C(=O)c2ccncc2)cc1. The first-order valence-corrected chi connectivity index (χ1v) is 12.2. The summed E-state index contributed by atoms with van der Waals surface area (Å²) in [5.41, 5.74) is 12.6. The number of nitrogens with two attached hydrogens (primary N) is 1. The number of carbonyl (C=O) groups excluding carboxylic acids is 1. The number of benzene rings is 2. The Morgan fingerprint density at radius 3 is 2.55 bits per heavy atom. The normalized spacial score (nSPS) is 14.7. The molecule has 38 heavy (non-hydrogen) atoms. The van der Waals surface area contributed by atoms with Gasteiger partial charge in [0.25, 0.3) is 5.91 Å².